The van der Waals surface area contributed by atoms with Gasteiger partial charge in [-0.15, -0.1) is 0 Å². The summed E-state index contributed by atoms with van der Waals surface area (Å²) in [5.41, 5.74) is 2.98. The Kier molecular flexibility index (Phi) is 3.63. The van der Waals surface area contributed by atoms with E-state index < -0.39 is 14.5 Å². The van der Waals surface area contributed by atoms with Gasteiger partial charge in [-0.25, -0.2) is 0 Å². The molecule has 0 unspecified atom stereocenters. The lowest BCUT2D eigenvalue weighted by molar-refractivity contribution is 0.693. The minimum atomic E-state index is -1.26. The van der Waals surface area contributed by atoms with Crippen molar-refractivity contribution in [1.82, 2.24) is 0 Å². The molecular formula is C16H28P2. The fourth-order valence-electron chi connectivity index (χ4n) is 3.88. The molecule has 0 N–H and O–H groups in total. The molecule has 0 aliphatic carbocycles. The zero-order valence-corrected chi connectivity index (χ0v) is 14.2. The molecule has 2 aliphatic rings. The molecule has 2 saturated heterocycles. The van der Waals surface area contributed by atoms with E-state index in [4.69, 9.17) is 0 Å². The molecule has 0 aromatic carbocycles. The Hall–Kier alpha value is 0.340. The molecule has 18 heavy (non-hydrogen) atoms. The van der Waals surface area contributed by atoms with Crippen LogP contribution in [0.25, 0.3) is 0 Å². The zero-order valence-electron chi connectivity index (χ0n) is 12.4. The Morgan fingerprint density at radius 1 is 0.778 bits per heavy atom. The highest BCUT2D eigenvalue weighted by Gasteiger charge is 2.57. The van der Waals surface area contributed by atoms with E-state index in [0.29, 0.717) is 0 Å². The van der Waals surface area contributed by atoms with Crippen molar-refractivity contribution >= 4 is 14.5 Å². The van der Waals surface area contributed by atoms with E-state index in [1.54, 1.807) is 0 Å². The Morgan fingerprint density at radius 3 is 1.17 bits per heavy atom. The third kappa shape index (κ3) is 1.65. The summed E-state index contributed by atoms with van der Waals surface area (Å²) in [6.45, 7) is 27.5. The second-order valence-electron chi connectivity index (χ2n) is 6.62. The van der Waals surface area contributed by atoms with Gasteiger partial charge in [-0.3, -0.25) is 0 Å². The lowest BCUT2D eigenvalue weighted by Crippen LogP contribution is -2.37. The topological polar surface area (TPSA) is 0 Å². The van der Waals surface area contributed by atoms with Crippen molar-refractivity contribution in [2.24, 2.45) is 0 Å². The van der Waals surface area contributed by atoms with Gasteiger partial charge in [-0.05, 0) is 27.7 Å². The van der Waals surface area contributed by atoms with Gasteiger partial charge in [-0.1, -0.05) is 27.7 Å². The van der Waals surface area contributed by atoms with Gasteiger partial charge in [0, 0.05) is 35.5 Å². The highest BCUT2D eigenvalue weighted by Crippen LogP contribution is 2.89. The standard InChI is InChI=1S/C16H28P2/c1-11-9-12(2)17(11,7)15(5)16(6)18(8)13(3)10-14(18)4/h11-14H,5-10H2,1-4H3/t11-,12-,13-,14-/m0/s1. The van der Waals surface area contributed by atoms with Crippen molar-refractivity contribution < 1.29 is 0 Å². The maximum absolute atomic E-state index is 4.62. The van der Waals surface area contributed by atoms with E-state index in [1.165, 1.54) is 23.5 Å². The molecule has 2 heteroatoms. The minimum Gasteiger partial charge on any atom is -0.174 e. The first-order valence-electron chi connectivity index (χ1n) is 7.01. The third-order valence-electron chi connectivity index (χ3n) is 5.85. The van der Waals surface area contributed by atoms with Crippen molar-refractivity contribution in [2.45, 2.75) is 63.2 Å². The summed E-state index contributed by atoms with van der Waals surface area (Å²) >= 11 is 0. The number of hydrogen-bond donors (Lipinski definition) is 0. The summed E-state index contributed by atoms with van der Waals surface area (Å²) in [5.74, 6) is 0. The lowest BCUT2D eigenvalue weighted by atomic mass is 10.2. The molecule has 0 radical (unpaired) electrons. The van der Waals surface area contributed by atoms with Gasteiger partial charge in [-0.2, -0.15) is 13.3 Å². The van der Waals surface area contributed by atoms with Crippen LogP contribution in [0, 0.1) is 13.3 Å². The first-order chi connectivity index (χ1) is 8.16. The van der Waals surface area contributed by atoms with Crippen LogP contribution in [0.1, 0.15) is 40.5 Å². The third-order valence-corrected chi connectivity index (χ3v) is 15.7. The van der Waals surface area contributed by atoms with Crippen LogP contribution in [0.3, 0.4) is 0 Å². The summed E-state index contributed by atoms with van der Waals surface area (Å²) in [7, 11) is -2.51. The zero-order chi connectivity index (χ0) is 13.9. The van der Waals surface area contributed by atoms with Crippen molar-refractivity contribution in [3.8, 4) is 0 Å². The lowest BCUT2D eigenvalue weighted by Gasteiger charge is -2.56. The summed E-state index contributed by atoms with van der Waals surface area (Å²) < 4.78 is 0. The Labute approximate surface area is 115 Å². The fraction of sp³-hybridized carbons (Fsp3) is 0.625. The molecule has 0 aromatic rings. The van der Waals surface area contributed by atoms with Gasteiger partial charge in [0.2, 0.25) is 0 Å². The van der Waals surface area contributed by atoms with Gasteiger partial charge < -0.3 is 0 Å². The van der Waals surface area contributed by atoms with Crippen molar-refractivity contribution in [3.63, 3.8) is 0 Å². The van der Waals surface area contributed by atoms with E-state index in [1.807, 2.05) is 0 Å². The molecule has 2 fully saturated rings. The van der Waals surface area contributed by atoms with Gasteiger partial charge in [0.25, 0.3) is 0 Å². The molecule has 2 rings (SSSR count). The average molecular weight is 282 g/mol. The molecule has 0 amide bonds. The SMILES string of the molecule is C=C(C(=C)[P+]1([CH2-])[C@@H](C)C[C@@H]1C)[P+]1([CH2-])[C@@H](C)C[C@@H]1C. The minimum absolute atomic E-state index is 0.746. The van der Waals surface area contributed by atoms with E-state index in [2.05, 4.69) is 54.2 Å². The van der Waals surface area contributed by atoms with Crippen LogP contribution in [0.2, 0.25) is 0 Å². The van der Waals surface area contributed by atoms with Gasteiger partial charge in [0.05, 0.1) is 10.6 Å². The second kappa shape index (κ2) is 4.43. The second-order valence-corrected chi connectivity index (χ2v) is 14.9. The Balaban J connectivity index is 2.23. The summed E-state index contributed by atoms with van der Waals surface area (Å²) in [6.07, 6.45) is 2.63. The first-order valence-corrected chi connectivity index (χ1v) is 11.2. The molecule has 0 bridgehead atoms. The molecule has 0 aromatic heterocycles. The van der Waals surface area contributed by atoms with Crippen LogP contribution in [0.15, 0.2) is 23.8 Å². The maximum atomic E-state index is 4.62. The first kappa shape index (κ1) is 14.7. The van der Waals surface area contributed by atoms with Crippen molar-refractivity contribution in [1.29, 1.82) is 0 Å². The number of hydrogen-bond acceptors (Lipinski definition) is 0. The highest BCUT2D eigenvalue weighted by molar-refractivity contribution is 7.88. The van der Waals surface area contributed by atoms with Gasteiger partial charge in [0.1, 0.15) is 0 Å². The van der Waals surface area contributed by atoms with E-state index in [0.717, 1.165) is 22.6 Å². The van der Waals surface area contributed by atoms with Gasteiger partial charge >= 0.3 is 0 Å². The van der Waals surface area contributed by atoms with Gasteiger partial charge in [0.15, 0.2) is 0 Å². The molecule has 2 heterocycles. The van der Waals surface area contributed by atoms with Crippen LogP contribution in [0.4, 0.5) is 0 Å². The Bertz CT molecular complexity index is 342. The van der Waals surface area contributed by atoms with Crippen LogP contribution < -0.4 is 0 Å². The molecule has 102 valence electrons. The highest BCUT2D eigenvalue weighted by atomic mass is 31.2. The van der Waals surface area contributed by atoms with E-state index in [-0.39, 0.29) is 0 Å². The summed E-state index contributed by atoms with van der Waals surface area (Å²) in [6, 6.07) is 0. The largest absolute Gasteiger partial charge is 0.174 e. The quantitative estimate of drug-likeness (QED) is 0.338. The summed E-state index contributed by atoms with van der Waals surface area (Å²) in [5, 5.41) is 2.66. The molecule has 0 spiro atoms. The molecule has 2 aliphatic heterocycles. The molecule has 4 atom stereocenters. The van der Waals surface area contributed by atoms with Crippen LogP contribution in [-0.4, -0.2) is 22.6 Å². The fourth-order valence-corrected chi connectivity index (χ4v) is 11.8. The van der Waals surface area contributed by atoms with Crippen molar-refractivity contribution in [2.75, 3.05) is 0 Å². The summed E-state index contributed by atoms with van der Waals surface area (Å²) in [4.78, 5) is 0. The smallest absolute Gasteiger partial charge is 0.0964 e. The van der Waals surface area contributed by atoms with Crippen LogP contribution in [0.5, 0.6) is 0 Å². The maximum Gasteiger partial charge on any atom is 0.0964 e. The number of rotatable bonds is 3. The number of allylic oxidation sites excluding steroid dienone is 2. The normalized spacial score (nSPS) is 40.6. The molecule has 0 saturated carbocycles. The monoisotopic (exact) mass is 282 g/mol. The Morgan fingerprint density at radius 2 is 1.00 bits per heavy atom. The van der Waals surface area contributed by atoms with Crippen molar-refractivity contribution in [3.05, 3.63) is 37.1 Å². The predicted octanol–water partition coefficient (Wildman–Crippen LogP) is 5.99. The molecule has 0 nitrogen and oxygen atoms in total. The van der Waals surface area contributed by atoms with Crippen LogP contribution >= 0.6 is 14.5 Å². The van der Waals surface area contributed by atoms with E-state index >= 15 is 0 Å². The van der Waals surface area contributed by atoms with E-state index in [9.17, 15) is 0 Å². The predicted molar refractivity (Wildman–Crippen MR) is 89.9 cm³/mol. The molecular weight excluding hydrogens is 254 g/mol. The van der Waals surface area contributed by atoms with Crippen LogP contribution in [-0.2, 0) is 0 Å². The average Bonchev–Trinajstić information content (AvgIpc) is 2.35.